The fourth-order valence-electron chi connectivity index (χ4n) is 1.68. The Balaban J connectivity index is 2.18. The molecular weight excluding hydrogens is 234 g/mol. The SMILES string of the molecule is CC(C)NC(=O)Nc1ccc2c(c1)C(=O)NC2=O. The number of carbonyl (C=O) groups is 3. The van der Waals surface area contributed by atoms with E-state index in [4.69, 9.17) is 0 Å². The van der Waals surface area contributed by atoms with E-state index in [2.05, 4.69) is 16.0 Å². The van der Waals surface area contributed by atoms with Crippen molar-refractivity contribution in [2.45, 2.75) is 19.9 Å². The van der Waals surface area contributed by atoms with Gasteiger partial charge in [0.1, 0.15) is 0 Å². The molecule has 6 nitrogen and oxygen atoms in total. The molecule has 0 saturated heterocycles. The second-order valence-corrected chi connectivity index (χ2v) is 4.30. The lowest BCUT2D eigenvalue weighted by molar-refractivity contribution is 0.0879. The lowest BCUT2D eigenvalue weighted by Gasteiger charge is -2.10. The average Bonchev–Trinajstić information content (AvgIpc) is 2.53. The molecule has 1 heterocycles. The largest absolute Gasteiger partial charge is 0.336 e. The number of amides is 4. The summed E-state index contributed by atoms with van der Waals surface area (Å²) in [5.41, 5.74) is 1.08. The van der Waals surface area contributed by atoms with Crippen molar-refractivity contribution in [1.82, 2.24) is 10.6 Å². The second-order valence-electron chi connectivity index (χ2n) is 4.30. The molecule has 0 aromatic heterocycles. The summed E-state index contributed by atoms with van der Waals surface area (Å²) in [6, 6.07) is 4.24. The highest BCUT2D eigenvalue weighted by molar-refractivity contribution is 6.21. The zero-order valence-corrected chi connectivity index (χ0v) is 10.0. The molecule has 1 aliphatic rings. The van der Waals surface area contributed by atoms with Gasteiger partial charge in [0.05, 0.1) is 11.1 Å². The van der Waals surface area contributed by atoms with Crippen molar-refractivity contribution in [3.63, 3.8) is 0 Å². The standard InChI is InChI=1S/C12H13N3O3/c1-6(2)13-12(18)14-7-3-4-8-9(5-7)11(17)15-10(8)16/h3-6H,1-2H3,(H2,13,14,18)(H,15,16,17). The summed E-state index contributed by atoms with van der Waals surface area (Å²) in [5, 5.41) is 7.45. The summed E-state index contributed by atoms with van der Waals surface area (Å²) >= 11 is 0. The first-order valence-corrected chi connectivity index (χ1v) is 5.54. The van der Waals surface area contributed by atoms with E-state index in [1.807, 2.05) is 13.8 Å². The Labute approximate surface area is 104 Å². The first-order chi connectivity index (χ1) is 8.47. The summed E-state index contributed by atoms with van der Waals surface area (Å²) in [6.07, 6.45) is 0. The van der Waals surface area contributed by atoms with Gasteiger partial charge in [-0.2, -0.15) is 0 Å². The number of nitrogens with one attached hydrogen (secondary N) is 3. The molecule has 0 unspecified atom stereocenters. The molecule has 1 aliphatic heterocycles. The van der Waals surface area contributed by atoms with Crippen LogP contribution in [0.4, 0.5) is 10.5 Å². The molecule has 1 aromatic carbocycles. The summed E-state index contributed by atoms with van der Waals surface area (Å²) in [6.45, 7) is 3.68. The number of rotatable bonds is 2. The monoisotopic (exact) mass is 247 g/mol. The number of hydrogen-bond acceptors (Lipinski definition) is 3. The first-order valence-electron chi connectivity index (χ1n) is 5.54. The van der Waals surface area contributed by atoms with Gasteiger partial charge >= 0.3 is 6.03 Å². The lowest BCUT2D eigenvalue weighted by Crippen LogP contribution is -2.34. The van der Waals surface area contributed by atoms with Gasteiger partial charge in [0.15, 0.2) is 0 Å². The Morgan fingerprint density at radius 1 is 1.17 bits per heavy atom. The van der Waals surface area contributed by atoms with E-state index in [1.54, 1.807) is 6.07 Å². The molecule has 94 valence electrons. The molecule has 0 aliphatic carbocycles. The molecule has 0 bridgehead atoms. The van der Waals surface area contributed by atoms with E-state index < -0.39 is 11.8 Å². The minimum Gasteiger partial charge on any atom is -0.336 e. The smallest absolute Gasteiger partial charge is 0.319 e. The highest BCUT2D eigenvalue weighted by atomic mass is 16.2. The van der Waals surface area contributed by atoms with Crippen LogP contribution in [0.3, 0.4) is 0 Å². The lowest BCUT2D eigenvalue weighted by atomic mass is 10.1. The van der Waals surface area contributed by atoms with Crippen molar-refractivity contribution in [1.29, 1.82) is 0 Å². The van der Waals surface area contributed by atoms with Gasteiger partial charge in [0.25, 0.3) is 11.8 Å². The topological polar surface area (TPSA) is 87.3 Å². The second kappa shape index (κ2) is 4.48. The minimum atomic E-state index is -0.442. The molecular formula is C12H13N3O3. The number of fused-ring (bicyclic) bond motifs is 1. The summed E-state index contributed by atoms with van der Waals surface area (Å²) < 4.78 is 0. The van der Waals surface area contributed by atoms with Crippen LogP contribution in [-0.4, -0.2) is 23.9 Å². The molecule has 6 heteroatoms. The Hall–Kier alpha value is -2.37. The summed E-state index contributed by atoms with van der Waals surface area (Å²) in [4.78, 5) is 34.2. The van der Waals surface area contributed by atoms with Gasteiger partial charge in [-0.15, -0.1) is 0 Å². The van der Waals surface area contributed by atoms with Gasteiger partial charge in [-0.25, -0.2) is 4.79 Å². The molecule has 0 atom stereocenters. The Kier molecular flexibility index (Phi) is 3.01. The molecule has 3 N–H and O–H groups in total. The fraction of sp³-hybridized carbons (Fsp3) is 0.250. The zero-order valence-electron chi connectivity index (χ0n) is 10.0. The van der Waals surface area contributed by atoms with Gasteiger partial charge in [0, 0.05) is 11.7 Å². The van der Waals surface area contributed by atoms with Crippen molar-refractivity contribution in [2.75, 3.05) is 5.32 Å². The van der Waals surface area contributed by atoms with Crippen molar-refractivity contribution in [3.8, 4) is 0 Å². The number of anilines is 1. The predicted molar refractivity (Wildman–Crippen MR) is 65.5 cm³/mol. The Bertz CT molecular complexity index is 537. The number of carbonyl (C=O) groups excluding carboxylic acids is 3. The van der Waals surface area contributed by atoms with Crippen LogP contribution in [-0.2, 0) is 0 Å². The van der Waals surface area contributed by atoms with Crippen molar-refractivity contribution >= 4 is 23.5 Å². The summed E-state index contributed by atoms with van der Waals surface area (Å²) in [5.74, 6) is -0.851. The van der Waals surface area contributed by atoms with Gasteiger partial charge in [-0.05, 0) is 32.0 Å². The minimum absolute atomic E-state index is 0.0179. The van der Waals surface area contributed by atoms with Gasteiger partial charge in [-0.3, -0.25) is 14.9 Å². The van der Waals surface area contributed by atoms with Crippen LogP contribution in [0.15, 0.2) is 18.2 Å². The third-order valence-electron chi connectivity index (χ3n) is 2.41. The predicted octanol–water partition coefficient (Wildman–Crippen LogP) is 1.10. The van der Waals surface area contributed by atoms with Crippen LogP contribution in [0.1, 0.15) is 34.6 Å². The van der Waals surface area contributed by atoms with E-state index >= 15 is 0 Å². The van der Waals surface area contributed by atoms with E-state index in [9.17, 15) is 14.4 Å². The molecule has 2 rings (SSSR count). The van der Waals surface area contributed by atoms with E-state index in [0.29, 0.717) is 11.3 Å². The molecule has 1 aromatic rings. The molecule has 0 spiro atoms. The third-order valence-corrected chi connectivity index (χ3v) is 2.41. The summed E-state index contributed by atoms with van der Waals surface area (Å²) in [7, 11) is 0. The molecule has 18 heavy (non-hydrogen) atoms. The van der Waals surface area contributed by atoms with Crippen molar-refractivity contribution in [3.05, 3.63) is 29.3 Å². The van der Waals surface area contributed by atoms with Gasteiger partial charge < -0.3 is 10.6 Å². The molecule has 4 amide bonds. The van der Waals surface area contributed by atoms with E-state index in [0.717, 1.165) is 0 Å². The first kappa shape index (κ1) is 12.1. The molecule has 0 fully saturated rings. The van der Waals surface area contributed by atoms with Crippen LogP contribution in [0.2, 0.25) is 0 Å². The van der Waals surface area contributed by atoms with Gasteiger partial charge in [-0.1, -0.05) is 0 Å². The number of hydrogen-bond donors (Lipinski definition) is 3. The van der Waals surface area contributed by atoms with E-state index in [-0.39, 0.29) is 17.6 Å². The molecule has 0 saturated carbocycles. The van der Waals surface area contributed by atoms with Crippen molar-refractivity contribution in [2.24, 2.45) is 0 Å². The van der Waals surface area contributed by atoms with Crippen LogP contribution >= 0.6 is 0 Å². The van der Waals surface area contributed by atoms with Crippen LogP contribution in [0, 0.1) is 0 Å². The maximum Gasteiger partial charge on any atom is 0.319 e. The van der Waals surface area contributed by atoms with Crippen LogP contribution in [0.5, 0.6) is 0 Å². The van der Waals surface area contributed by atoms with Crippen LogP contribution in [0.25, 0.3) is 0 Å². The quantitative estimate of drug-likeness (QED) is 0.684. The highest BCUT2D eigenvalue weighted by Gasteiger charge is 2.26. The Morgan fingerprint density at radius 3 is 2.50 bits per heavy atom. The maximum absolute atomic E-state index is 11.5. The Morgan fingerprint density at radius 2 is 1.83 bits per heavy atom. The van der Waals surface area contributed by atoms with Crippen molar-refractivity contribution < 1.29 is 14.4 Å². The maximum atomic E-state index is 11.5. The zero-order chi connectivity index (χ0) is 13.3. The number of benzene rings is 1. The average molecular weight is 247 g/mol. The van der Waals surface area contributed by atoms with E-state index in [1.165, 1.54) is 12.1 Å². The number of imide groups is 1. The van der Waals surface area contributed by atoms with Crippen LogP contribution < -0.4 is 16.0 Å². The normalized spacial score (nSPS) is 13.3. The number of urea groups is 1. The highest BCUT2D eigenvalue weighted by Crippen LogP contribution is 2.20. The molecule has 0 radical (unpaired) electrons. The van der Waals surface area contributed by atoms with Gasteiger partial charge in [0.2, 0.25) is 0 Å². The fourth-order valence-corrected chi connectivity index (χ4v) is 1.68. The third kappa shape index (κ3) is 2.32.